The van der Waals surface area contributed by atoms with Gasteiger partial charge < -0.3 is 15.0 Å². The number of nitrogens with zero attached hydrogens (tertiary/aromatic N) is 2. The van der Waals surface area contributed by atoms with Crippen molar-refractivity contribution in [3.05, 3.63) is 74.5 Å². The topological polar surface area (TPSA) is 81.0 Å². The number of ether oxygens (including phenoxy) is 1. The van der Waals surface area contributed by atoms with Gasteiger partial charge >= 0.3 is 0 Å². The predicted molar refractivity (Wildman–Crippen MR) is 96.2 cm³/mol. The number of pyridine rings is 1. The van der Waals surface area contributed by atoms with Gasteiger partial charge in [0.15, 0.2) is 0 Å². The van der Waals surface area contributed by atoms with Crippen LogP contribution in [0.5, 0.6) is 5.75 Å². The number of hydrogen-bond donors (Lipinski definition) is 1. The molecule has 25 heavy (non-hydrogen) atoms. The lowest BCUT2D eigenvalue weighted by molar-refractivity contribution is 0.389. The summed E-state index contributed by atoms with van der Waals surface area (Å²) in [6.45, 7) is 6.07. The van der Waals surface area contributed by atoms with Gasteiger partial charge in [-0.05, 0) is 24.0 Å². The Hall–Kier alpha value is -3.00. The van der Waals surface area contributed by atoms with Gasteiger partial charge in [0, 0.05) is 18.8 Å². The zero-order valence-electron chi connectivity index (χ0n) is 14.8. The fourth-order valence-electron chi connectivity index (χ4n) is 3.15. The molecule has 3 rings (SSSR count). The second kappa shape index (κ2) is 6.14. The summed E-state index contributed by atoms with van der Waals surface area (Å²) in [6, 6.07) is 11.9. The minimum absolute atomic E-state index is 0.0561. The molecule has 1 aromatic heterocycles. The van der Waals surface area contributed by atoms with Crippen molar-refractivity contribution in [2.24, 2.45) is 12.8 Å². The van der Waals surface area contributed by atoms with E-state index in [1.54, 1.807) is 17.7 Å². The molecule has 128 valence electrons. The third kappa shape index (κ3) is 2.70. The summed E-state index contributed by atoms with van der Waals surface area (Å²) >= 11 is 0. The van der Waals surface area contributed by atoms with Crippen LogP contribution in [0, 0.1) is 18.3 Å². The molecule has 0 aliphatic carbocycles. The third-order valence-corrected chi connectivity index (χ3v) is 4.79. The van der Waals surface area contributed by atoms with E-state index < -0.39 is 5.92 Å². The summed E-state index contributed by atoms with van der Waals surface area (Å²) in [7, 11) is 1.71. The molecule has 0 radical (unpaired) electrons. The van der Waals surface area contributed by atoms with Crippen molar-refractivity contribution in [1.29, 1.82) is 5.26 Å². The Morgan fingerprint density at radius 2 is 1.92 bits per heavy atom. The molecule has 2 aromatic rings. The van der Waals surface area contributed by atoms with E-state index in [0.717, 1.165) is 11.3 Å². The van der Waals surface area contributed by atoms with Crippen molar-refractivity contribution in [3.8, 4) is 11.8 Å². The van der Waals surface area contributed by atoms with Crippen molar-refractivity contribution >= 4 is 0 Å². The van der Waals surface area contributed by atoms with Crippen molar-refractivity contribution < 1.29 is 4.74 Å². The van der Waals surface area contributed by atoms with Crippen molar-refractivity contribution in [2.75, 3.05) is 0 Å². The fourth-order valence-corrected chi connectivity index (χ4v) is 3.15. The normalized spacial score (nSPS) is 16.4. The highest BCUT2D eigenvalue weighted by Gasteiger charge is 2.33. The number of allylic oxidation sites excluding steroid dienone is 1. The molecule has 0 unspecified atom stereocenters. The number of aryl methyl sites for hydroxylation is 1. The van der Waals surface area contributed by atoms with Gasteiger partial charge in [0.1, 0.15) is 17.4 Å². The van der Waals surface area contributed by atoms with Gasteiger partial charge in [-0.1, -0.05) is 38.1 Å². The molecule has 0 amide bonds. The van der Waals surface area contributed by atoms with E-state index in [0.29, 0.717) is 17.2 Å². The SMILES string of the molecule is Cc1cc2c(c(=O)n1C)[C@H](c1ccc(C(C)C)cc1)C(C#N)=C(N)O2. The Morgan fingerprint density at radius 1 is 1.28 bits per heavy atom. The average molecular weight is 335 g/mol. The Labute approximate surface area is 147 Å². The first-order valence-electron chi connectivity index (χ1n) is 8.23. The molecule has 1 aromatic carbocycles. The highest BCUT2D eigenvalue weighted by atomic mass is 16.5. The molecule has 0 spiro atoms. The molecule has 0 fully saturated rings. The van der Waals surface area contributed by atoms with Crippen molar-refractivity contribution in [1.82, 2.24) is 4.57 Å². The summed E-state index contributed by atoms with van der Waals surface area (Å²) in [6.07, 6.45) is 0. The highest BCUT2D eigenvalue weighted by molar-refractivity contribution is 5.55. The molecule has 5 heteroatoms. The fraction of sp³-hybridized carbons (Fsp3) is 0.300. The van der Waals surface area contributed by atoms with E-state index in [4.69, 9.17) is 10.5 Å². The maximum atomic E-state index is 12.9. The second-order valence-electron chi connectivity index (χ2n) is 6.67. The molecule has 0 saturated carbocycles. The van der Waals surface area contributed by atoms with Gasteiger partial charge in [0.25, 0.3) is 5.56 Å². The van der Waals surface area contributed by atoms with E-state index in [1.807, 2.05) is 31.2 Å². The smallest absolute Gasteiger partial charge is 0.258 e. The lowest BCUT2D eigenvalue weighted by Crippen LogP contribution is -2.31. The maximum absolute atomic E-state index is 12.9. The lowest BCUT2D eigenvalue weighted by Gasteiger charge is -2.27. The molecule has 2 N–H and O–H groups in total. The summed E-state index contributed by atoms with van der Waals surface area (Å²) in [5.41, 5.74) is 9.35. The molecule has 0 saturated heterocycles. The quantitative estimate of drug-likeness (QED) is 0.914. The minimum atomic E-state index is -0.519. The van der Waals surface area contributed by atoms with Crippen LogP contribution < -0.4 is 16.0 Å². The Bertz CT molecular complexity index is 960. The first-order valence-corrected chi connectivity index (χ1v) is 8.23. The molecule has 1 aliphatic heterocycles. The van der Waals surface area contributed by atoms with E-state index in [-0.39, 0.29) is 17.0 Å². The van der Waals surface area contributed by atoms with Crippen LogP contribution in [0.1, 0.15) is 48.1 Å². The molecule has 1 atom stereocenters. The van der Waals surface area contributed by atoms with Crippen LogP contribution >= 0.6 is 0 Å². The van der Waals surface area contributed by atoms with E-state index >= 15 is 0 Å². The molecule has 2 heterocycles. The van der Waals surface area contributed by atoms with Crippen LogP contribution in [0.3, 0.4) is 0 Å². The van der Waals surface area contributed by atoms with Gasteiger partial charge in [-0.25, -0.2) is 0 Å². The van der Waals surface area contributed by atoms with Gasteiger partial charge in [0.2, 0.25) is 5.88 Å². The summed E-state index contributed by atoms with van der Waals surface area (Å²) in [5.74, 6) is 0.368. The molecular formula is C20H21N3O2. The van der Waals surface area contributed by atoms with Crippen molar-refractivity contribution in [2.45, 2.75) is 32.6 Å². The zero-order valence-corrected chi connectivity index (χ0v) is 14.8. The van der Waals surface area contributed by atoms with Gasteiger partial charge in [-0.2, -0.15) is 5.26 Å². The molecular weight excluding hydrogens is 314 g/mol. The van der Waals surface area contributed by atoms with Crippen LogP contribution in [0.25, 0.3) is 0 Å². The Morgan fingerprint density at radius 3 is 2.48 bits per heavy atom. The van der Waals surface area contributed by atoms with Crippen molar-refractivity contribution in [3.63, 3.8) is 0 Å². The number of nitriles is 1. The van der Waals surface area contributed by atoms with Gasteiger partial charge in [-0.3, -0.25) is 4.79 Å². The first kappa shape index (κ1) is 16.8. The number of hydrogen-bond acceptors (Lipinski definition) is 4. The first-order chi connectivity index (χ1) is 11.8. The largest absolute Gasteiger partial charge is 0.440 e. The second-order valence-corrected chi connectivity index (χ2v) is 6.67. The Kier molecular flexibility index (Phi) is 4.13. The van der Waals surface area contributed by atoms with Crippen LogP contribution in [0.2, 0.25) is 0 Å². The minimum Gasteiger partial charge on any atom is -0.440 e. The zero-order chi connectivity index (χ0) is 18.3. The number of rotatable bonds is 2. The monoisotopic (exact) mass is 335 g/mol. The van der Waals surface area contributed by atoms with E-state index in [2.05, 4.69) is 19.9 Å². The Balaban J connectivity index is 2.26. The van der Waals surface area contributed by atoms with E-state index in [9.17, 15) is 10.1 Å². The van der Waals surface area contributed by atoms with Crippen LogP contribution in [0.15, 0.2) is 46.6 Å². The predicted octanol–water partition coefficient (Wildman–Crippen LogP) is 3.04. The van der Waals surface area contributed by atoms with E-state index in [1.165, 1.54) is 5.56 Å². The molecule has 0 bridgehead atoms. The van der Waals surface area contributed by atoms with Crippen LogP contribution in [-0.4, -0.2) is 4.57 Å². The number of benzene rings is 1. The van der Waals surface area contributed by atoms with Crippen LogP contribution in [0.4, 0.5) is 0 Å². The summed E-state index contributed by atoms with van der Waals surface area (Å²) < 4.78 is 7.15. The molecule has 1 aliphatic rings. The summed E-state index contributed by atoms with van der Waals surface area (Å²) in [4.78, 5) is 12.9. The highest BCUT2D eigenvalue weighted by Crippen LogP contribution is 2.40. The van der Waals surface area contributed by atoms with Gasteiger partial charge in [0.05, 0.1) is 11.5 Å². The standard InChI is InChI=1S/C20H21N3O2/c1-11(2)13-5-7-14(8-6-13)17-15(10-21)19(22)25-16-9-12(3)23(4)20(24)18(16)17/h5-9,11,17H,22H2,1-4H3/t17-/m1/s1. The lowest BCUT2D eigenvalue weighted by atomic mass is 9.83. The number of aromatic nitrogens is 1. The summed E-state index contributed by atoms with van der Waals surface area (Å²) in [5, 5.41) is 9.60. The maximum Gasteiger partial charge on any atom is 0.258 e. The average Bonchev–Trinajstić information content (AvgIpc) is 2.59. The molecule has 5 nitrogen and oxygen atoms in total. The number of nitrogens with two attached hydrogens (primary N) is 1. The van der Waals surface area contributed by atoms with Gasteiger partial charge in [-0.15, -0.1) is 0 Å². The third-order valence-electron chi connectivity index (χ3n) is 4.79. The number of fused-ring (bicyclic) bond motifs is 1. The van der Waals surface area contributed by atoms with Crippen LogP contribution in [-0.2, 0) is 7.05 Å².